The van der Waals surface area contributed by atoms with Gasteiger partial charge in [0.05, 0.1) is 17.5 Å². The van der Waals surface area contributed by atoms with Crippen molar-refractivity contribution < 1.29 is 9.90 Å². The number of aryl methyl sites for hydroxylation is 2. The first kappa shape index (κ1) is 17.2. The summed E-state index contributed by atoms with van der Waals surface area (Å²) in [6, 6.07) is 9.31. The summed E-state index contributed by atoms with van der Waals surface area (Å²) in [6.07, 6.45) is 0.367. The molecule has 1 aromatic heterocycles. The van der Waals surface area contributed by atoms with Crippen molar-refractivity contribution in [2.75, 3.05) is 6.54 Å². The van der Waals surface area contributed by atoms with E-state index in [1.54, 1.807) is 12.1 Å². The molecule has 0 saturated heterocycles. The lowest BCUT2D eigenvalue weighted by atomic mass is 10.0. The van der Waals surface area contributed by atoms with Gasteiger partial charge in [-0.3, -0.25) is 4.79 Å². The average Bonchev–Trinajstić information content (AvgIpc) is 2.90. The first-order valence-electron chi connectivity index (χ1n) is 8.02. The van der Waals surface area contributed by atoms with Gasteiger partial charge in [-0.15, -0.1) is 0 Å². The number of amides is 1. The Morgan fingerprint density at radius 2 is 1.96 bits per heavy atom. The molecule has 2 N–H and O–H groups in total. The van der Waals surface area contributed by atoms with Crippen LogP contribution in [0.3, 0.4) is 0 Å². The Kier molecular flexibility index (Phi) is 5.55. The van der Waals surface area contributed by atoms with Gasteiger partial charge in [0.1, 0.15) is 0 Å². The van der Waals surface area contributed by atoms with Gasteiger partial charge in [-0.2, -0.15) is 5.10 Å². The first-order chi connectivity index (χ1) is 10.9. The largest absolute Gasteiger partial charge is 0.391 e. The van der Waals surface area contributed by atoms with Crippen molar-refractivity contribution in [1.82, 2.24) is 15.1 Å². The monoisotopic (exact) mass is 315 g/mol. The van der Waals surface area contributed by atoms with Crippen LogP contribution in [0.2, 0.25) is 0 Å². The third-order valence-electron chi connectivity index (χ3n) is 4.16. The summed E-state index contributed by atoms with van der Waals surface area (Å²) in [6.45, 7) is 8.21. The summed E-state index contributed by atoms with van der Waals surface area (Å²) < 4.78 is 1.85. The summed E-state index contributed by atoms with van der Waals surface area (Å²) >= 11 is 0. The molecule has 23 heavy (non-hydrogen) atoms. The molecule has 2 aromatic rings. The number of carbonyl (C=O) groups is 1. The van der Waals surface area contributed by atoms with Gasteiger partial charge >= 0.3 is 0 Å². The minimum Gasteiger partial charge on any atom is -0.391 e. The molecule has 0 aliphatic rings. The Labute approximate surface area is 137 Å². The summed E-state index contributed by atoms with van der Waals surface area (Å²) in [4.78, 5) is 12.1. The van der Waals surface area contributed by atoms with Crippen LogP contribution in [0.15, 0.2) is 30.3 Å². The number of benzene rings is 1. The molecule has 1 amide bonds. The van der Waals surface area contributed by atoms with Gasteiger partial charge in [-0.25, -0.2) is 4.68 Å². The molecule has 0 spiro atoms. The molecule has 0 radical (unpaired) electrons. The standard InChI is InChI=1S/C18H25N3O2/c1-5-12(2)17(22)11-19-18(23)15-6-8-16(9-7-15)21-14(4)10-13(3)20-21/h6-10,12,17,22H,5,11H2,1-4H3,(H,19,23). The van der Waals surface area contributed by atoms with Crippen LogP contribution >= 0.6 is 0 Å². The van der Waals surface area contributed by atoms with Crippen molar-refractivity contribution in [2.24, 2.45) is 5.92 Å². The highest BCUT2D eigenvalue weighted by Crippen LogP contribution is 2.13. The number of aliphatic hydroxyl groups is 1. The summed E-state index contributed by atoms with van der Waals surface area (Å²) in [7, 11) is 0. The summed E-state index contributed by atoms with van der Waals surface area (Å²) in [5.41, 5.74) is 3.51. The number of nitrogens with one attached hydrogen (secondary N) is 1. The zero-order valence-corrected chi connectivity index (χ0v) is 14.2. The predicted octanol–water partition coefficient (Wildman–Crippen LogP) is 2.63. The van der Waals surface area contributed by atoms with E-state index in [1.165, 1.54) is 0 Å². The van der Waals surface area contributed by atoms with Crippen molar-refractivity contribution in [3.05, 3.63) is 47.3 Å². The quantitative estimate of drug-likeness (QED) is 0.861. The van der Waals surface area contributed by atoms with Gasteiger partial charge in [0, 0.05) is 17.8 Å². The van der Waals surface area contributed by atoms with Crippen LogP contribution in [-0.2, 0) is 0 Å². The molecular weight excluding hydrogens is 290 g/mol. The van der Waals surface area contributed by atoms with E-state index < -0.39 is 6.10 Å². The molecule has 2 rings (SSSR count). The van der Waals surface area contributed by atoms with Crippen molar-refractivity contribution in [3.63, 3.8) is 0 Å². The minimum atomic E-state index is -0.516. The van der Waals surface area contributed by atoms with Crippen molar-refractivity contribution in [3.8, 4) is 5.69 Å². The Morgan fingerprint density at radius 3 is 2.48 bits per heavy atom. The fourth-order valence-electron chi connectivity index (χ4n) is 2.42. The number of nitrogens with zero attached hydrogens (tertiary/aromatic N) is 2. The van der Waals surface area contributed by atoms with Gasteiger partial charge in [0.2, 0.25) is 0 Å². The van der Waals surface area contributed by atoms with Crippen LogP contribution in [0.25, 0.3) is 5.69 Å². The topological polar surface area (TPSA) is 67.2 Å². The van der Waals surface area contributed by atoms with Gasteiger partial charge in [0.25, 0.3) is 5.91 Å². The van der Waals surface area contributed by atoms with Gasteiger partial charge in [-0.05, 0) is 50.1 Å². The van der Waals surface area contributed by atoms with Crippen molar-refractivity contribution >= 4 is 5.91 Å². The van der Waals surface area contributed by atoms with Crippen LogP contribution < -0.4 is 5.32 Å². The Hall–Kier alpha value is -2.14. The number of hydrogen-bond donors (Lipinski definition) is 2. The third kappa shape index (κ3) is 4.20. The third-order valence-corrected chi connectivity index (χ3v) is 4.16. The SMILES string of the molecule is CCC(C)C(O)CNC(=O)c1ccc(-n2nc(C)cc2C)cc1. The average molecular weight is 315 g/mol. The summed E-state index contributed by atoms with van der Waals surface area (Å²) in [5, 5.41) is 17.1. The Morgan fingerprint density at radius 1 is 1.30 bits per heavy atom. The van der Waals surface area contributed by atoms with Crippen LogP contribution in [0, 0.1) is 19.8 Å². The molecule has 1 aromatic carbocycles. The molecular formula is C18H25N3O2. The lowest BCUT2D eigenvalue weighted by molar-refractivity contribution is 0.0850. The van der Waals surface area contributed by atoms with Gasteiger partial charge in [0.15, 0.2) is 0 Å². The molecule has 2 unspecified atom stereocenters. The number of aliphatic hydroxyl groups excluding tert-OH is 1. The van der Waals surface area contributed by atoms with E-state index in [0.29, 0.717) is 5.56 Å². The molecule has 0 saturated carbocycles. The molecule has 0 bridgehead atoms. The molecule has 0 aliphatic carbocycles. The second-order valence-electron chi connectivity index (χ2n) is 6.05. The number of aromatic nitrogens is 2. The predicted molar refractivity (Wildman–Crippen MR) is 90.8 cm³/mol. The first-order valence-corrected chi connectivity index (χ1v) is 8.02. The number of carbonyl (C=O) groups excluding carboxylic acids is 1. The van der Waals surface area contributed by atoms with Crippen LogP contribution in [0.1, 0.15) is 42.0 Å². The smallest absolute Gasteiger partial charge is 0.251 e. The molecule has 124 valence electrons. The number of rotatable bonds is 6. The molecule has 1 heterocycles. The Bertz CT molecular complexity index is 661. The van der Waals surface area contributed by atoms with Gasteiger partial charge in [-0.1, -0.05) is 20.3 Å². The van der Waals surface area contributed by atoms with E-state index in [2.05, 4.69) is 10.4 Å². The highest BCUT2D eigenvalue weighted by molar-refractivity contribution is 5.94. The number of hydrogen-bond acceptors (Lipinski definition) is 3. The fourth-order valence-corrected chi connectivity index (χ4v) is 2.42. The maximum atomic E-state index is 12.1. The fraction of sp³-hybridized carbons (Fsp3) is 0.444. The molecule has 0 fully saturated rings. The summed E-state index contributed by atoms with van der Waals surface area (Å²) in [5.74, 6) is -0.00372. The lowest BCUT2D eigenvalue weighted by Crippen LogP contribution is -2.35. The highest BCUT2D eigenvalue weighted by atomic mass is 16.3. The second kappa shape index (κ2) is 7.42. The maximum Gasteiger partial charge on any atom is 0.251 e. The maximum absolute atomic E-state index is 12.1. The van der Waals surface area contributed by atoms with Gasteiger partial charge < -0.3 is 10.4 Å². The molecule has 2 atom stereocenters. The van der Waals surface area contributed by atoms with E-state index >= 15 is 0 Å². The lowest BCUT2D eigenvalue weighted by Gasteiger charge is -2.17. The van der Waals surface area contributed by atoms with E-state index in [-0.39, 0.29) is 18.4 Å². The van der Waals surface area contributed by atoms with Crippen LogP contribution in [-0.4, -0.2) is 33.4 Å². The molecule has 5 nitrogen and oxygen atoms in total. The van der Waals surface area contributed by atoms with Crippen LogP contribution in [0.4, 0.5) is 0 Å². The van der Waals surface area contributed by atoms with E-state index in [9.17, 15) is 9.90 Å². The Balaban J connectivity index is 2.02. The van der Waals surface area contributed by atoms with Crippen molar-refractivity contribution in [1.29, 1.82) is 0 Å². The molecule has 5 heteroatoms. The van der Waals surface area contributed by atoms with Crippen molar-refractivity contribution in [2.45, 2.75) is 40.2 Å². The van der Waals surface area contributed by atoms with E-state index in [4.69, 9.17) is 0 Å². The zero-order valence-electron chi connectivity index (χ0n) is 14.2. The van der Waals surface area contributed by atoms with E-state index in [0.717, 1.165) is 23.5 Å². The highest BCUT2D eigenvalue weighted by Gasteiger charge is 2.14. The normalized spacial score (nSPS) is 13.6. The van der Waals surface area contributed by atoms with E-state index in [1.807, 2.05) is 50.6 Å². The van der Waals surface area contributed by atoms with Crippen LogP contribution in [0.5, 0.6) is 0 Å². The second-order valence-corrected chi connectivity index (χ2v) is 6.05. The zero-order chi connectivity index (χ0) is 17.0. The molecule has 0 aliphatic heterocycles. The minimum absolute atomic E-state index is 0.170.